The van der Waals surface area contributed by atoms with Crippen LogP contribution in [-0.4, -0.2) is 27.5 Å². The first kappa shape index (κ1) is 21.1. The van der Waals surface area contributed by atoms with Crippen LogP contribution in [0, 0.1) is 0 Å². The number of nitrogens with two attached hydrogens (primary N) is 1. The van der Waals surface area contributed by atoms with Crippen LogP contribution in [0.2, 0.25) is 5.02 Å². The Morgan fingerprint density at radius 2 is 1.55 bits per heavy atom. The Kier molecular flexibility index (Phi) is 5.28. The van der Waals surface area contributed by atoms with Gasteiger partial charge in [0.15, 0.2) is 10.9 Å². The Morgan fingerprint density at radius 3 is 2.21 bits per heavy atom. The van der Waals surface area contributed by atoms with Gasteiger partial charge >= 0.3 is 0 Å². The van der Waals surface area contributed by atoms with Gasteiger partial charge in [0.05, 0.1) is 28.2 Å². The molecular formula is C25H16ClN3O3S. The second-order valence-corrected chi connectivity index (χ2v) is 9.00. The van der Waals surface area contributed by atoms with Gasteiger partial charge in [-0.15, -0.1) is 0 Å². The van der Waals surface area contributed by atoms with Gasteiger partial charge in [-0.25, -0.2) is 4.98 Å². The van der Waals surface area contributed by atoms with Crippen molar-refractivity contribution < 1.29 is 14.4 Å². The summed E-state index contributed by atoms with van der Waals surface area (Å²) in [5.74, 6) is -0.957. The van der Waals surface area contributed by atoms with Crippen molar-refractivity contribution in [2.75, 3.05) is 5.73 Å². The van der Waals surface area contributed by atoms with E-state index in [1.54, 1.807) is 66.7 Å². The zero-order chi connectivity index (χ0) is 23.1. The van der Waals surface area contributed by atoms with E-state index in [2.05, 4.69) is 4.98 Å². The standard InChI is InChI=1S/C25H16ClN3O3S/c26-15-10-11-16(19(12-15)22(30)14-6-2-1-3-7-14)21-20(33-25(27)28-21)13-29-23(31)17-8-4-5-9-18(17)24(29)32/h1-12H,13H2,(H2,27,28). The van der Waals surface area contributed by atoms with Crippen molar-refractivity contribution in [1.82, 2.24) is 9.88 Å². The summed E-state index contributed by atoms with van der Waals surface area (Å²) in [6.45, 7) is -0.00184. The molecule has 0 saturated carbocycles. The number of halogens is 1. The number of hydrogen-bond donors (Lipinski definition) is 1. The molecule has 33 heavy (non-hydrogen) atoms. The number of aromatic nitrogens is 1. The van der Waals surface area contributed by atoms with Crippen molar-refractivity contribution in [2.24, 2.45) is 0 Å². The molecule has 5 rings (SSSR count). The van der Waals surface area contributed by atoms with Gasteiger partial charge in [-0.1, -0.05) is 71.5 Å². The average Bonchev–Trinajstić information content (AvgIpc) is 3.31. The molecule has 0 bridgehead atoms. The fourth-order valence-corrected chi connectivity index (χ4v) is 4.88. The molecule has 0 aliphatic carbocycles. The van der Waals surface area contributed by atoms with E-state index in [0.717, 1.165) is 0 Å². The largest absolute Gasteiger partial charge is 0.375 e. The lowest BCUT2D eigenvalue weighted by atomic mass is 9.96. The van der Waals surface area contributed by atoms with Gasteiger partial charge in [0, 0.05) is 21.7 Å². The van der Waals surface area contributed by atoms with E-state index < -0.39 is 0 Å². The van der Waals surface area contributed by atoms with Gasteiger partial charge in [-0.3, -0.25) is 19.3 Å². The lowest BCUT2D eigenvalue weighted by molar-refractivity contribution is 0.0643. The summed E-state index contributed by atoms with van der Waals surface area (Å²) in [7, 11) is 0. The van der Waals surface area contributed by atoms with E-state index in [1.807, 2.05) is 6.07 Å². The van der Waals surface area contributed by atoms with Gasteiger partial charge in [-0.05, 0) is 24.3 Å². The first-order valence-corrected chi connectivity index (χ1v) is 11.2. The van der Waals surface area contributed by atoms with Crippen LogP contribution >= 0.6 is 22.9 Å². The highest BCUT2D eigenvalue weighted by Crippen LogP contribution is 2.36. The van der Waals surface area contributed by atoms with Crippen molar-refractivity contribution >= 4 is 45.7 Å². The van der Waals surface area contributed by atoms with E-state index in [9.17, 15) is 14.4 Å². The van der Waals surface area contributed by atoms with E-state index in [0.29, 0.717) is 43.4 Å². The second-order valence-electron chi connectivity index (χ2n) is 7.45. The third-order valence-electron chi connectivity index (χ3n) is 5.41. The van der Waals surface area contributed by atoms with E-state index >= 15 is 0 Å². The number of benzene rings is 3. The molecule has 2 amide bonds. The molecule has 0 unspecified atom stereocenters. The average molecular weight is 474 g/mol. The normalized spacial score (nSPS) is 12.8. The van der Waals surface area contributed by atoms with Gasteiger partial charge in [0.2, 0.25) is 0 Å². The molecule has 1 aliphatic rings. The summed E-state index contributed by atoms with van der Waals surface area (Å²) in [6, 6.07) is 20.5. The Balaban J connectivity index is 1.57. The summed E-state index contributed by atoms with van der Waals surface area (Å²) in [5, 5.41) is 0.674. The summed E-state index contributed by atoms with van der Waals surface area (Å²) < 4.78 is 0. The molecule has 8 heteroatoms. The van der Waals surface area contributed by atoms with E-state index in [4.69, 9.17) is 17.3 Å². The Morgan fingerprint density at radius 1 is 0.909 bits per heavy atom. The lowest BCUT2D eigenvalue weighted by Crippen LogP contribution is -2.29. The minimum Gasteiger partial charge on any atom is -0.375 e. The Hall–Kier alpha value is -3.81. The van der Waals surface area contributed by atoms with Crippen LogP contribution in [0.4, 0.5) is 5.13 Å². The van der Waals surface area contributed by atoms with Crippen molar-refractivity contribution in [3.8, 4) is 11.3 Å². The Bertz CT molecular complexity index is 1400. The molecule has 162 valence electrons. The Labute approximate surface area is 198 Å². The van der Waals surface area contributed by atoms with Crippen LogP contribution in [0.15, 0.2) is 72.8 Å². The topological polar surface area (TPSA) is 93.4 Å². The fourth-order valence-electron chi connectivity index (χ4n) is 3.87. The fraction of sp³-hybridized carbons (Fsp3) is 0.0400. The first-order chi connectivity index (χ1) is 15.9. The lowest BCUT2D eigenvalue weighted by Gasteiger charge is -2.15. The van der Waals surface area contributed by atoms with E-state index in [1.165, 1.54) is 16.2 Å². The molecule has 3 aromatic carbocycles. The van der Waals surface area contributed by atoms with Crippen LogP contribution < -0.4 is 5.73 Å². The third-order valence-corrected chi connectivity index (χ3v) is 6.52. The number of carbonyl (C=O) groups is 3. The molecule has 0 spiro atoms. The number of nitrogens with zero attached hydrogens (tertiary/aromatic N) is 2. The molecule has 2 heterocycles. The van der Waals surface area contributed by atoms with Gasteiger partial charge in [0.25, 0.3) is 11.8 Å². The van der Waals surface area contributed by atoms with Crippen molar-refractivity contribution in [3.63, 3.8) is 0 Å². The summed E-state index contributed by atoms with van der Waals surface area (Å²) in [4.78, 5) is 45.2. The van der Waals surface area contributed by atoms with Crippen LogP contribution in [0.5, 0.6) is 0 Å². The SMILES string of the molecule is Nc1nc(-c2ccc(Cl)cc2C(=O)c2ccccc2)c(CN2C(=O)c3ccccc3C2=O)s1. The molecule has 6 nitrogen and oxygen atoms in total. The van der Waals surface area contributed by atoms with Gasteiger partial charge < -0.3 is 5.73 Å². The predicted molar refractivity (Wildman–Crippen MR) is 127 cm³/mol. The highest BCUT2D eigenvalue weighted by atomic mass is 35.5. The summed E-state index contributed by atoms with van der Waals surface area (Å²) >= 11 is 7.39. The quantitative estimate of drug-likeness (QED) is 0.322. The number of carbonyl (C=O) groups excluding carboxylic acids is 3. The minimum atomic E-state index is -0.370. The zero-order valence-corrected chi connectivity index (χ0v) is 18.7. The molecule has 0 fully saturated rings. The van der Waals surface area contributed by atoms with Crippen molar-refractivity contribution in [2.45, 2.75) is 6.54 Å². The highest BCUT2D eigenvalue weighted by molar-refractivity contribution is 7.15. The molecule has 1 aliphatic heterocycles. The molecule has 0 atom stereocenters. The molecule has 1 aromatic heterocycles. The molecule has 0 saturated heterocycles. The van der Waals surface area contributed by atoms with Crippen LogP contribution in [0.25, 0.3) is 11.3 Å². The van der Waals surface area contributed by atoms with Crippen molar-refractivity contribution in [1.29, 1.82) is 0 Å². The van der Waals surface area contributed by atoms with Crippen LogP contribution in [0.3, 0.4) is 0 Å². The summed E-state index contributed by atoms with van der Waals surface area (Å²) in [5.41, 5.74) is 8.61. The number of anilines is 1. The van der Waals surface area contributed by atoms with Gasteiger partial charge in [0.1, 0.15) is 0 Å². The number of nitrogen functional groups attached to an aromatic ring is 1. The number of fused-ring (bicyclic) bond motifs is 1. The number of thiazole rings is 1. The monoisotopic (exact) mass is 473 g/mol. The maximum absolute atomic E-state index is 13.3. The molecule has 2 N–H and O–H groups in total. The van der Waals surface area contributed by atoms with E-state index in [-0.39, 0.29) is 29.3 Å². The van der Waals surface area contributed by atoms with Crippen LogP contribution in [0.1, 0.15) is 41.5 Å². The number of imide groups is 1. The van der Waals surface area contributed by atoms with Crippen LogP contribution in [-0.2, 0) is 6.54 Å². The summed E-state index contributed by atoms with van der Waals surface area (Å²) in [6.07, 6.45) is 0. The smallest absolute Gasteiger partial charge is 0.261 e. The zero-order valence-electron chi connectivity index (χ0n) is 17.1. The van der Waals surface area contributed by atoms with Gasteiger partial charge in [-0.2, -0.15) is 0 Å². The number of ketones is 1. The van der Waals surface area contributed by atoms with Crippen molar-refractivity contribution in [3.05, 3.63) is 105 Å². The first-order valence-electron chi connectivity index (χ1n) is 10.0. The third kappa shape index (κ3) is 3.71. The number of amides is 2. The predicted octanol–water partition coefficient (Wildman–Crippen LogP) is 5.07. The number of hydrogen-bond acceptors (Lipinski definition) is 6. The second kappa shape index (κ2) is 8.27. The molecule has 0 radical (unpaired) electrons. The minimum absolute atomic E-state index is 0.00184. The molecule has 4 aromatic rings. The molecular weight excluding hydrogens is 458 g/mol. The number of rotatable bonds is 5. The highest BCUT2D eigenvalue weighted by Gasteiger charge is 2.36. The maximum atomic E-state index is 13.3. The maximum Gasteiger partial charge on any atom is 0.261 e.